The maximum atomic E-state index is 13.6. The predicted octanol–water partition coefficient (Wildman–Crippen LogP) is 6.44. The second-order valence-corrected chi connectivity index (χ2v) is 8.82. The summed E-state index contributed by atoms with van der Waals surface area (Å²) in [6.07, 6.45) is 0. The SMILES string of the molecule is Fc1cc2nc(-c3cc(Br)sc3Br)nc(Cl)c2cc1Br. The highest BCUT2D eigenvalue weighted by atomic mass is 79.9. The third kappa shape index (κ3) is 2.66. The lowest BCUT2D eigenvalue weighted by Gasteiger charge is -2.05. The van der Waals surface area contributed by atoms with E-state index in [0.29, 0.717) is 26.4 Å². The van der Waals surface area contributed by atoms with Crippen LogP contribution in [0.15, 0.2) is 30.2 Å². The Morgan fingerprint density at radius 1 is 1.10 bits per heavy atom. The van der Waals surface area contributed by atoms with Crippen molar-refractivity contribution in [3.8, 4) is 11.4 Å². The van der Waals surface area contributed by atoms with E-state index in [9.17, 15) is 4.39 Å². The average molecular weight is 501 g/mol. The Labute approximate surface area is 147 Å². The van der Waals surface area contributed by atoms with Crippen LogP contribution in [0, 0.1) is 5.82 Å². The number of hydrogen-bond donors (Lipinski definition) is 0. The van der Waals surface area contributed by atoms with E-state index in [2.05, 4.69) is 57.8 Å². The summed E-state index contributed by atoms with van der Waals surface area (Å²) in [7, 11) is 0. The van der Waals surface area contributed by atoms with E-state index in [1.165, 1.54) is 17.4 Å². The Morgan fingerprint density at radius 3 is 2.50 bits per heavy atom. The quantitative estimate of drug-likeness (QED) is 0.359. The molecule has 2 nitrogen and oxygen atoms in total. The second kappa shape index (κ2) is 5.61. The second-order valence-electron chi connectivity index (χ2n) is 3.86. The van der Waals surface area contributed by atoms with Crippen molar-refractivity contribution in [2.24, 2.45) is 0 Å². The lowest BCUT2D eigenvalue weighted by atomic mass is 10.2. The predicted molar refractivity (Wildman–Crippen MR) is 90.9 cm³/mol. The molecule has 3 rings (SSSR count). The van der Waals surface area contributed by atoms with Crippen molar-refractivity contribution in [2.75, 3.05) is 0 Å². The maximum Gasteiger partial charge on any atom is 0.163 e. The maximum absolute atomic E-state index is 13.6. The smallest absolute Gasteiger partial charge is 0.163 e. The van der Waals surface area contributed by atoms with Crippen LogP contribution in [0.3, 0.4) is 0 Å². The number of halogens is 5. The molecule has 0 saturated heterocycles. The highest BCUT2D eigenvalue weighted by Gasteiger charge is 2.15. The number of thiophene rings is 1. The Kier molecular flexibility index (Phi) is 4.16. The van der Waals surface area contributed by atoms with E-state index < -0.39 is 0 Å². The summed E-state index contributed by atoms with van der Waals surface area (Å²) < 4.78 is 15.8. The summed E-state index contributed by atoms with van der Waals surface area (Å²) in [6, 6.07) is 4.81. The average Bonchev–Trinajstić information content (AvgIpc) is 2.71. The zero-order valence-electron chi connectivity index (χ0n) is 9.42. The van der Waals surface area contributed by atoms with Crippen molar-refractivity contribution in [1.82, 2.24) is 9.97 Å². The molecular weight excluding hydrogens is 498 g/mol. The summed E-state index contributed by atoms with van der Waals surface area (Å²) in [4.78, 5) is 8.67. The van der Waals surface area contributed by atoms with E-state index in [1.54, 1.807) is 6.07 Å². The Hall–Kier alpha value is -0.0800. The molecule has 0 aliphatic carbocycles. The molecule has 20 heavy (non-hydrogen) atoms. The first kappa shape index (κ1) is 14.8. The van der Waals surface area contributed by atoms with Gasteiger partial charge < -0.3 is 0 Å². The lowest BCUT2D eigenvalue weighted by Crippen LogP contribution is -1.92. The van der Waals surface area contributed by atoms with Crippen LogP contribution in [0.2, 0.25) is 5.15 Å². The Morgan fingerprint density at radius 2 is 1.85 bits per heavy atom. The molecule has 0 fully saturated rings. The third-order valence-corrected chi connectivity index (χ3v) is 5.82. The minimum atomic E-state index is -0.385. The highest BCUT2D eigenvalue weighted by molar-refractivity contribution is 9.12. The lowest BCUT2D eigenvalue weighted by molar-refractivity contribution is 0.623. The summed E-state index contributed by atoms with van der Waals surface area (Å²) in [6.45, 7) is 0. The molecule has 3 aromatic rings. The van der Waals surface area contributed by atoms with E-state index in [0.717, 1.165) is 13.1 Å². The van der Waals surface area contributed by atoms with Gasteiger partial charge in [0, 0.05) is 17.0 Å². The molecule has 0 aliphatic heterocycles. The summed E-state index contributed by atoms with van der Waals surface area (Å²) in [5.41, 5.74) is 1.28. The molecule has 2 heterocycles. The number of hydrogen-bond acceptors (Lipinski definition) is 3. The molecule has 0 unspecified atom stereocenters. The van der Waals surface area contributed by atoms with Gasteiger partial charge in [-0.15, -0.1) is 11.3 Å². The van der Waals surface area contributed by atoms with Gasteiger partial charge in [0.05, 0.1) is 17.6 Å². The molecule has 1 aromatic carbocycles. The van der Waals surface area contributed by atoms with E-state index in [-0.39, 0.29) is 5.82 Å². The van der Waals surface area contributed by atoms with Gasteiger partial charge in [-0.25, -0.2) is 14.4 Å². The van der Waals surface area contributed by atoms with Gasteiger partial charge >= 0.3 is 0 Å². The molecular formula is C12H3Br3ClFN2S. The molecule has 0 amide bonds. The van der Waals surface area contributed by atoms with Gasteiger partial charge in [0.2, 0.25) is 0 Å². The van der Waals surface area contributed by atoms with Crippen molar-refractivity contribution < 1.29 is 4.39 Å². The van der Waals surface area contributed by atoms with Gasteiger partial charge in [-0.3, -0.25) is 0 Å². The first-order valence-electron chi connectivity index (χ1n) is 5.23. The number of nitrogens with zero attached hydrogens (tertiary/aromatic N) is 2. The molecule has 8 heteroatoms. The van der Waals surface area contributed by atoms with Crippen LogP contribution in [0.5, 0.6) is 0 Å². The van der Waals surface area contributed by atoms with Crippen molar-refractivity contribution in [3.05, 3.63) is 41.2 Å². The van der Waals surface area contributed by atoms with Crippen LogP contribution in [-0.4, -0.2) is 9.97 Å². The fourth-order valence-electron chi connectivity index (χ4n) is 1.70. The van der Waals surface area contributed by atoms with Crippen LogP contribution < -0.4 is 0 Å². The van der Waals surface area contributed by atoms with E-state index in [4.69, 9.17) is 11.6 Å². The number of benzene rings is 1. The fourth-order valence-corrected chi connectivity index (χ4v) is 5.06. The monoisotopic (exact) mass is 498 g/mol. The Bertz CT molecular complexity index is 837. The van der Waals surface area contributed by atoms with Crippen molar-refractivity contribution in [2.45, 2.75) is 0 Å². The normalized spacial score (nSPS) is 11.2. The van der Waals surface area contributed by atoms with Crippen LogP contribution in [-0.2, 0) is 0 Å². The van der Waals surface area contributed by atoms with Crippen molar-refractivity contribution in [1.29, 1.82) is 0 Å². The molecule has 2 aromatic heterocycles. The van der Waals surface area contributed by atoms with Gasteiger partial charge in [-0.2, -0.15) is 0 Å². The number of aromatic nitrogens is 2. The van der Waals surface area contributed by atoms with Crippen LogP contribution in [0.1, 0.15) is 0 Å². The zero-order chi connectivity index (χ0) is 14.4. The highest BCUT2D eigenvalue weighted by Crippen LogP contribution is 2.38. The minimum Gasteiger partial charge on any atom is -0.228 e. The largest absolute Gasteiger partial charge is 0.228 e. The summed E-state index contributed by atoms with van der Waals surface area (Å²) in [5.74, 6) is 0.0711. The molecule has 0 spiro atoms. The van der Waals surface area contributed by atoms with Crippen molar-refractivity contribution in [3.63, 3.8) is 0 Å². The summed E-state index contributed by atoms with van der Waals surface area (Å²) in [5, 5.41) is 0.897. The van der Waals surface area contributed by atoms with Crippen LogP contribution in [0.25, 0.3) is 22.3 Å². The molecule has 0 atom stereocenters. The topological polar surface area (TPSA) is 25.8 Å². The molecule has 0 saturated carbocycles. The molecule has 102 valence electrons. The number of rotatable bonds is 1. The zero-order valence-corrected chi connectivity index (χ0v) is 15.8. The third-order valence-electron chi connectivity index (χ3n) is 2.59. The molecule has 0 aliphatic rings. The first-order chi connectivity index (χ1) is 9.45. The van der Waals surface area contributed by atoms with Gasteiger partial charge in [0.1, 0.15) is 11.0 Å². The Balaban J connectivity index is 2.29. The van der Waals surface area contributed by atoms with E-state index in [1.807, 2.05) is 6.07 Å². The van der Waals surface area contributed by atoms with Gasteiger partial charge in [-0.05, 0) is 59.9 Å². The van der Waals surface area contributed by atoms with Crippen LogP contribution >= 0.6 is 70.7 Å². The molecule has 0 radical (unpaired) electrons. The minimum absolute atomic E-state index is 0.292. The standard InChI is InChI=1S/C12H3Br3ClFN2S/c13-6-1-4-8(3-7(6)17)18-12(19-11(4)16)5-2-9(14)20-10(5)15/h1-3H. The van der Waals surface area contributed by atoms with E-state index >= 15 is 0 Å². The first-order valence-corrected chi connectivity index (χ1v) is 8.80. The van der Waals surface area contributed by atoms with Gasteiger partial charge in [0.15, 0.2) is 5.82 Å². The van der Waals surface area contributed by atoms with Gasteiger partial charge in [-0.1, -0.05) is 11.6 Å². The number of fused-ring (bicyclic) bond motifs is 1. The molecule has 0 N–H and O–H groups in total. The van der Waals surface area contributed by atoms with Gasteiger partial charge in [0.25, 0.3) is 0 Å². The fraction of sp³-hybridized carbons (Fsp3) is 0. The molecule has 0 bridgehead atoms. The van der Waals surface area contributed by atoms with Crippen LogP contribution in [0.4, 0.5) is 4.39 Å². The van der Waals surface area contributed by atoms with Crippen molar-refractivity contribution >= 4 is 81.6 Å². The summed E-state index contributed by atoms with van der Waals surface area (Å²) >= 11 is 17.7.